The van der Waals surface area contributed by atoms with Crippen molar-refractivity contribution >= 4 is 11.6 Å². The molecule has 0 amide bonds. The van der Waals surface area contributed by atoms with Crippen molar-refractivity contribution in [3.05, 3.63) is 28.3 Å². The SMILES string of the molecule is CCc1c(CN2CCNCC2)cc(Cl)cc1OC. The van der Waals surface area contributed by atoms with Crippen LogP contribution in [0.15, 0.2) is 12.1 Å². The van der Waals surface area contributed by atoms with Gasteiger partial charge in [-0.05, 0) is 29.7 Å². The van der Waals surface area contributed by atoms with Crippen LogP contribution >= 0.6 is 11.6 Å². The normalized spacial score (nSPS) is 16.8. The Bertz CT molecular complexity index is 403. The number of halogens is 1. The summed E-state index contributed by atoms with van der Waals surface area (Å²) in [5, 5.41) is 4.13. The molecule has 1 aliphatic rings. The molecule has 0 aliphatic carbocycles. The van der Waals surface area contributed by atoms with Crippen molar-refractivity contribution < 1.29 is 4.74 Å². The number of hydrogen-bond donors (Lipinski definition) is 1. The highest BCUT2D eigenvalue weighted by Crippen LogP contribution is 2.28. The van der Waals surface area contributed by atoms with Gasteiger partial charge in [0.25, 0.3) is 0 Å². The average molecular weight is 269 g/mol. The molecule has 1 aromatic rings. The van der Waals surface area contributed by atoms with E-state index in [9.17, 15) is 0 Å². The van der Waals surface area contributed by atoms with Gasteiger partial charge in [-0.25, -0.2) is 0 Å². The molecule has 1 N–H and O–H groups in total. The van der Waals surface area contributed by atoms with Crippen LogP contribution in [-0.4, -0.2) is 38.2 Å². The van der Waals surface area contributed by atoms with Crippen molar-refractivity contribution in [3.63, 3.8) is 0 Å². The van der Waals surface area contributed by atoms with Gasteiger partial charge in [0.05, 0.1) is 7.11 Å². The summed E-state index contributed by atoms with van der Waals surface area (Å²) in [5.41, 5.74) is 2.57. The molecule has 0 aromatic heterocycles. The first kappa shape index (κ1) is 13.7. The van der Waals surface area contributed by atoms with Gasteiger partial charge in [0, 0.05) is 37.7 Å². The summed E-state index contributed by atoms with van der Waals surface area (Å²) in [6, 6.07) is 3.98. The quantitative estimate of drug-likeness (QED) is 0.907. The molecule has 1 aromatic carbocycles. The van der Waals surface area contributed by atoms with E-state index in [0.29, 0.717) is 0 Å². The molecule has 0 atom stereocenters. The van der Waals surface area contributed by atoms with Gasteiger partial charge in [0.2, 0.25) is 0 Å². The second kappa shape index (κ2) is 6.41. The van der Waals surface area contributed by atoms with Gasteiger partial charge >= 0.3 is 0 Å². The highest BCUT2D eigenvalue weighted by molar-refractivity contribution is 6.30. The van der Waals surface area contributed by atoms with Crippen LogP contribution in [0, 0.1) is 0 Å². The number of nitrogens with one attached hydrogen (secondary N) is 1. The lowest BCUT2D eigenvalue weighted by atomic mass is 10.0. The van der Waals surface area contributed by atoms with Gasteiger partial charge in [-0.2, -0.15) is 0 Å². The highest BCUT2D eigenvalue weighted by atomic mass is 35.5. The molecule has 18 heavy (non-hydrogen) atoms. The smallest absolute Gasteiger partial charge is 0.123 e. The van der Waals surface area contributed by atoms with Crippen molar-refractivity contribution in [1.82, 2.24) is 10.2 Å². The largest absolute Gasteiger partial charge is 0.496 e. The maximum Gasteiger partial charge on any atom is 0.123 e. The Morgan fingerprint density at radius 1 is 1.33 bits per heavy atom. The minimum absolute atomic E-state index is 0.759. The molecule has 3 nitrogen and oxygen atoms in total. The fourth-order valence-corrected chi connectivity index (χ4v) is 2.73. The summed E-state index contributed by atoms with van der Waals surface area (Å²) in [6.07, 6.45) is 0.974. The van der Waals surface area contributed by atoms with Gasteiger partial charge in [0.1, 0.15) is 5.75 Å². The lowest BCUT2D eigenvalue weighted by molar-refractivity contribution is 0.232. The molecule has 1 aliphatic heterocycles. The third kappa shape index (κ3) is 3.16. The van der Waals surface area contributed by atoms with E-state index in [2.05, 4.69) is 23.2 Å². The van der Waals surface area contributed by atoms with Crippen molar-refractivity contribution in [2.75, 3.05) is 33.3 Å². The van der Waals surface area contributed by atoms with Crippen LogP contribution in [0.1, 0.15) is 18.1 Å². The maximum absolute atomic E-state index is 6.16. The summed E-state index contributed by atoms with van der Waals surface area (Å²) in [7, 11) is 1.71. The molecule has 1 heterocycles. The Labute approximate surface area is 114 Å². The van der Waals surface area contributed by atoms with E-state index in [0.717, 1.165) is 49.9 Å². The van der Waals surface area contributed by atoms with E-state index >= 15 is 0 Å². The van der Waals surface area contributed by atoms with Crippen molar-refractivity contribution in [1.29, 1.82) is 0 Å². The molecule has 100 valence electrons. The van der Waals surface area contributed by atoms with Gasteiger partial charge in [-0.1, -0.05) is 18.5 Å². The van der Waals surface area contributed by atoms with Gasteiger partial charge in [-0.15, -0.1) is 0 Å². The monoisotopic (exact) mass is 268 g/mol. The van der Waals surface area contributed by atoms with Crippen LogP contribution in [0.2, 0.25) is 5.02 Å². The minimum atomic E-state index is 0.759. The first-order valence-electron chi connectivity index (χ1n) is 6.53. The molecule has 0 radical (unpaired) electrons. The standard InChI is InChI=1S/C14H21ClN2O/c1-3-13-11(8-12(15)9-14(13)18-2)10-17-6-4-16-5-7-17/h8-9,16H,3-7,10H2,1-2H3. The third-order valence-corrected chi connectivity index (χ3v) is 3.66. The van der Waals surface area contributed by atoms with Gasteiger partial charge in [0.15, 0.2) is 0 Å². The highest BCUT2D eigenvalue weighted by Gasteiger charge is 2.15. The maximum atomic E-state index is 6.16. The third-order valence-electron chi connectivity index (χ3n) is 3.44. The molecule has 2 rings (SSSR count). The van der Waals surface area contributed by atoms with E-state index in [1.54, 1.807) is 7.11 Å². The van der Waals surface area contributed by atoms with E-state index < -0.39 is 0 Å². The zero-order valence-corrected chi connectivity index (χ0v) is 11.9. The summed E-state index contributed by atoms with van der Waals surface area (Å²) in [6.45, 7) is 7.45. The molecule has 0 spiro atoms. The van der Waals surface area contributed by atoms with Crippen LogP contribution in [0.5, 0.6) is 5.75 Å². The van der Waals surface area contributed by atoms with E-state index in [4.69, 9.17) is 16.3 Å². The fourth-order valence-electron chi connectivity index (χ4n) is 2.50. The second-order valence-corrected chi connectivity index (χ2v) is 5.06. The van der Waals surface area contributed by atoms with Crippen LogP contribution in [0.3, 0.4) is 0 Å². The van der Waals surface area contributed by atoms with Crippen LogP contribution < -0.4 is 10.1 Å². The Balaban J connectivity index is 2.21. The molecule has 1 saturated heterocycles. The number of rotatable bonds is 4. The summed E-state index contributed by atoms with van der Waals surface area (Å²) in [5.74, 6) is 0.912. The van der Waals surface area contributed by atoms with Crippen molar-refractivity contribution in [2.45, 2.75) is 19.9 Å². The molecular weight excluding hydrogens is 248 g/mol. The number of hydrogen-bond acceptors (Lipinski definition) is 3. The lowest BCUT2D eigenvalue weighted by Gasteiger charge is -2.28. The predicted octanol–water partition coefficient (Wildman–Crippen LogP) is 2.32. The number of piperazine rings is 1. The van der Waals surface area contributed by atoms with Gasteiger partial charge < -0.3 is 10.1 Å². The Hall–Kier alpha value is -0.770. The van der Waals surface area contributed by atoms with Gasteiger partial charge in [-0.3, -0.25) is 4.90 Å². The Morgan fingerprint density at radius 2 is 2.06 bits per heavy atom. The zero-order valence-electron chi connectivity index (χ0n) is 11.1. The number of benzene rings is 1. The van der Waals surface area contributed by atoms with Crippen LogP contribution in [0.4, 0.5) is 0 Å². The fraction of sp³-hybridized carbons (Fsp3) is 0.571. The first-order valence-corrected chi connectivity index (χ1v) is 6.90. The predicted molar refractivity (Wildman–Crippen MR) is 75.5 cm³/mol. The van der Waals surface area contributed by atoms with Crippen LogP contribution in [0.25, 0.3) is 0 Å². The number of methoxy groups -OCH3 is 1. The summed E-state index contributed by atoms with van der Waals surface area (Å²) in [4.78, 5) is 2.46. The van der Waals surface area contributed by atoms with Crippen LogP contribution in [-0.2, 0) is 13.0 Å². The second-order valence-electron chi connectivity index (χ2n) is 4.63. The molecule has 0 bridgehead atoms. The summed E-state index contributed by atoms with van der Waals surface area (Å²) < 4.78 is 5.43. The van der Waals surface area contributed by atoms with E-state index in [-0.39, 0.29) is 0 Å². The Kier molecular flexibility index (Phi) is 4.87. The number of ether oxygens (including phenoxy) is 1. The summed E-state index contributed by atoms with van der Waals surface area (Å²) >= 11 is 6.16. The Morgan fingerprint density at radius 3 is 2.67 bits per heavy atom. The minimum Gasteiger partial charge on any atom is -0.496 e. The zero-order chi connectivity index (χ0) is 13.0. The van der Waals surface area contributed by atoms with Crippen molar-refractivity contribution in [2.24, 2.45) is 0 Å². The van der Waals surface area contributed by atoms with Crippen molar-refractivity contribution in [3.8, 4) is 5.75 Å². The molecule has 1 fully saturated rings. The lowest BCUT2D eigenvalue weighted by Crippen LogP contribution is -2.43. The first-order chi connectivity index (χ1) is 8.74. The van der Waals surface area contributed by atoms with E-state index in [1.807, 2.05) is 6.07 Å². The topological polar surface area (TPSA) is 24.5 Å². The molecule has 0 unspecified atom stereocenters. The molecular formula is C14H21ClN2O. The number of nitrogens with zero attached hydrogens (tertiary/aromatic N) is 1. The molecule has 0 saturated carbocycles. The average Bonchev–Trinajstić information content (AvgIpc) is 2.39. The van der Waals surface area contributed by atoms with E-state index in [1.165, 1.54) is 11.1 Å². The molecule has 4 heteroatoms.